The first-order chi connectivity index (χ1) is 12.0. The largest absolute Gasteiger partial charge is 0.465 e. The molecule has 0 aliphatic carbocycles. The van der Waals surface area contributed by atoms with Gasteiger partial charge in [-0.25, -0.2) is 0 Å². The molecule has 136 valence electrons. The minimum absolute atomic E-state index is 0.142. The van der Waals surface area contributed by atoms with Crippen molar-refractivity contribution in [2.24, 2.45) is 5.92 Å². The minimum Gasteiger partial charge on any atom is -0.465 e. The van der Waals surface area contributed by atoms with Crippen LogP contribution in [0.15, 0.2) is 28.7 Å². The highest BCUT2D eigenvalue weighted by atomic mass is 79.9. The van der Waals surface area contributed by atoms with E-state index in [2.05, 4.69) is 22.9 Å². The molecule has 0 radical (unpaired) electrons. The standard InChI is InChI=1S/C19H24BrNO4/c1-3-5-6-11-21-16(22)12-15(13-7-9-14(20)10-8-13)17(18(21)23)19(24)25-4-2/h7-10,15,17H,3-6,11-12H2,1-2H3/t15-,17-/m0/s1. The van der Waals surface area contributed by atoms with Gasteiger partial charge in [0.1, 0.15) is 5.92 Å². The van der Waals surface area contributed by atoms with Crippen molar-refractivity contribution in [3.63, 3.8) is 0 Å². The van der Waals surface area contributed by atoms with Crippen LogP contribution in [-0.2, 0) is 19.1 Å². The quantitative estimate of drug-likeness (QED) is 0.298. The van der Waals surface area contributed by atoms with Crippen molar-refractivity contribution < 1.29 is 19.1 Å². The number of amides is 2. The van der Waals surface area contributed by atoms with Crippen LogP contribution in [-0.4, -0.2) is 35.8 Å². The van der Waals surface area contributed by atoms with Gasteiger partial charge in [0.05, 0.1) is 6.61 Å². The fraction of sp³-hybridized carbons (Fsp3) is 0.526. The molecule has 0 saturated carbocycles. The molecule has 0 aromatic heterocycles. The van der Waals surface area contributed by atoms with E-state index < -0.39 is 23.7 Å². The van der Waals surface area contributed by atoms with Crippen molar-refractivity contribution in [2.75, 3.05) is 13.2 Å². The summed E-state index contributed by atoms with van der Waals surface area (Å²) < 4.78 is 6.03. The van der Waals surface area contributed by atoms with Crippen LogP contribution in [0.2, 0.25) is 0 Å². The van der Waals surface area contributed by atoms with Crippen LogP contribution in [0.5, 0.6) is 0 Å². The summed E-state index contributed by atoms with van der Waals surface area (Å²) in [6.45, 7) is 4.35. The molecule has 1 heterocycles. The van der Waals surface area contributed by atoms with E-state index in [0.717, 1.165) is 29.3 Å². The number of carbonyl (C=O) groups excluding carboxylic acids is 3. The number of hydrogen-bond acceptors (Lipinski definition) is 4. The summed E-state index contributed by atoms with van der Waals surface area (Å²) in [6.07, 6.45) is 2.84. The molecule has 2 atom stereocenters. The third kappa shape index (κ3) is 4.69. The van der Waals surface area contributed by atoms with Crippen LogP contribution < -0.4 is 0 Å². The first-order valence-electron chi connectivity index (χ1n) is 8.75. The van der Waals surface area contributed by atoms with E-state index in [9.17, 15) is 14.4 Å². The van der Waals surface area contributed by atoms with Crippen molar-refractivity contribution >= 4 is 33.7 Å². The smallest absolute Gasteiger partial charge is 0.319 e. The second kappa shape index (κ2) is 9.13. The number of esters is 1. The van der Waals surface area contributed by atoms with E-state index in [0.29, 0.717) is 6.54 Å². The van der Waals surface area contributed by atoms with Crippen LogP contribution in [0.25, 0.3) is 0 Å². The van der Waals surface area contributed by atoms with E-state index in [1.165, 1.54) is 4.90 Å². The lowest BCUT2D eigenvalue weighted by Crippen LogP contribution is -2.51. The van der Waals surface area contributed by atoms with E-state index >= 15 is 0 Å². The second-order valence-corrected chi connectivity index (χ2v) is 7.10. The highest BCUT2D eigenvalue weighted by Crippen LogP contribution is 2.36. The first kappa shape index (κ1) is 19.6. The molecule has 2 rings (SSSR count). The lowest BCUT2D eigenvalue weighted by atomic mass is 9.79. The van der Waals surface area contributed by atoms with Gasteiger partial charge in [-0.15, -0.1) is 0 Å². The molecular weight excluding hydrogens is 386 g/mol. The van der Waals surface area contributed by atoms with Crippen LogP contribution in [0.3, 0.4) is 0 Å². The third-order valence-corrected chi connectivity index (χ3v) is 4.98. The first-order valence-corrected chi connectivity index (χ1v) is 9.55. The molecular formula is C19H24BrNO4. The van der Waals surface area contributed by atoms with Gasteiger partial charge in [-0.3, -0.25) is 19.3 Å². The highest BCUT2D eigenvalue weighted by molar-refractivity contribution is 9.10. The second-order valence-electron chi connectivity index (χ2n) is 6.18. The fourth-order valence-corrected chi connectivity index (χ4v) is 3.42. The molecule has 1 aliphatic heterocycles. The van der Waals surface area contributed by atoms with E-state index in [1.54, 1.807) is 6.92 Å². The number of likely N-dealkylation sites (tertiary alicyclic amines) is 1. The molecule has 6 heteroatoms. The number of nitrogens with zero attached hydrogens (tertiary/aromatic N) is 1. The van der Waals surface area contributed by atoms with Gasteiger partial charge in [0.2, 0.25) is 11.8 Å². The van der Waals surface area contributed by atoms with Crippen LogP contribution in [0.1, 0.15) is 51.0 Å². The predicted molar refractivity (Wildman–Crippen MR) is 97.9 cm³/mol. The zero-order valence-electron chi connectivity index (χ0n) is 14.7. The average Bonchev–Trinajstić information content (AvgIpc) is 2.58. The maximum Gasteiger partial charge on any atom is 0.319 e. The summed E-state index contributed by atoms with van der Waals surface area (Å²) >= 11 is 3.37. The monoisotopic (exact) mass is 409 g/mol. The van der Waals surface area contributed by atoms with E-state index in [4.69, 9.17) is 4.74 Å². The molecule has 0 bridgehead atoms. The topological polar surface area (TPSA) is 63.7 Å². The van der Waals surface area contributed by atoms with Crippen molar-refractivity contribution in [3.05, 3.63) is 34.3 Å². The Morgan fingerprint density at radius 3 is 2.48 bits per heavy atom. The molecule has 1 fully saturated rings. The number of imide groups is 1. The Kier molecular flexibility index (Phi) is 7.17. The molecule has 1 aliphatic rings. The Morgan fingerprint density at radius 1 is 1.20 bits per heavy atom. The molecule has 2 amide bonds. The molecule has 25 heavy (non-hydrogen) atoms. The molecule has 0 N–H and O–H groups in total. The maximum atomic E-state index is 12.9. The van der Waals surface area contributed by atoms with Crippen molar-refractivity contribution in [1.29, 1.82) is 0 Å². The lowest BCUT2D eigenvalue weighted by Gasteiger charge is -2.35. The van der Waals surface area contributed by atoms with Gasteiger partial charge in [-0.05, 0) is 31.0 Å². The summed E-state index contributed by atoms with van der Waals surface area (Å²) in [7, 11) is 0. The molecule has 0 unspecified atom stereocenters. The fourth-order valence-electron chi connectivity index (χ4n) is 3.15. The summed E-state index contributed by atoms with van der Waals surface area (Å²) in [5.74, 6) is -2.63. The molecule has 1 aromatic carbocycles. The summed E-state index contributed by atoms with van der Waals surface area (Å²) in [5, 5.41) is 0. The van der Waals surface area contributed by atoms with Crippen molar-refractivity contribution in [3.8, 4) is 0 Å². The average molecular weight is 410 g/mol. The zero-order chi connectivity index (χ0) is 18.4. The van der Waals surface area contributed by atoms with Gasteiger partial charge in [0, 0.05) is 23.4 Å². The number of benzene rings is 1. The Bertz CT molecular complexity index is 629. The number of hydrogen-bond donors (Lipinski definition) is 0. The van der Waals surface area contributed by atoms with Gasteiger partial charge in [0.25, 0.3) is 0 Å². The Labute approximate surface area is 156 Å². The maximum absolute atomic E-state index is 12.9. The normalized spacial score (nSPS) is 20.7. The summed E-state index contributed by atoms with van der Waals surface area (Å²) in [4.78, 5) is 39.1. The number of carbonyl (C=O) groups is 3. The van der Waals surface area contributed by atoms with E-state index in [-0.39, 0.29) is 18.9 Å². The summed E-state index contributed by atoms with van der Waals surface area (Å²) in [5.41, 5.74) is 0.802. The van der Waals surface area contributed by atoms with Gasteiger partial charge in [-0.2, -0.15) is 0 Å². The van der Waals surface area contributed by atoms with E-state index in [1.807, 2.05) is 24.3 Å². The van der Waals surface area contributed by atoms with Crippen LogP contribution in [0, 0.1) is 5.92 Å². The van der Waals surface area contributed by atoms with Crippen LogP contribution >= 0.6 is 15.9 Å². The van der Waals surface area contributed by atoms with Gasteiger partial charge in [-0.1, -0.05) is 47.8 Å². The Balaban J connectivity index is 2.29. The van der Waals surface area contributed by atoms with Gasteiger partial charge < -0.3 is 4.74 Å². The lowest BCUT2D eigenvalue weighted by molar-refractivity contribution is -0.163. The number of ether oxygens (including phenoxy) is 1. The zero-order valence-corrected chi connectivity index (χ0v) is 16.3. The van der Waals surface area contributed by atoms with Gasteiger partial charge in [0.15, 0.2) is 0 Å². The minimum atomic E-state index is -0.958. The molecule has 5 nitrogen and oxygen atoms in total. The third-order valence-electron chi connectivity index (χ3n) is 4.45. The number of unbranched alkanes of at least 4 members (excludes halogenated alkanes) is 2. The molecule has 1 aromatic rings. The highest BCUT2D eigenvalue weighted by Gasteiger charge is 2.46. The Morgan fingerprint density at radius 2 is 1.88 bits per heavy atom. The summed E-state index contributed by atoms with van der Waals surface area (Å²) in [6, 6.07) is 7.38. The number of halogens is 1. The molecule has 0 spiro atoms. The number of piperidine rings is 1. The van der Waals surface area contributed by atoms with Gasteiger partial charge >= 0.3 is 5.97 Å². The van der Waals surface area contributed by atoms with Crippen molar-refractivity contribution in [1.82, 2.24) is 4.90 Å². The Hall–Kier alpha value is -1.69. The number of rotatable bonds is 7. The predicted octanol–water partition coefficient (Wildman–Crippen LogP) is 3.66. The van der Waals surface area contributed by atoms with Crippen molar-refractivity contribution in [2.45, 2.75) is 45.4 Å². The van der Waals surface area contributed by atoms with Crippen LogP contribution in [0.4, 0.5) is 0 Å². The molecule has 1 saturated heterocycles. The SMILES string of the molecule is CCCCCN1C(=O)C[C@@H](c2ccc(Br)cc2)[C@H](C(=O)OCC)C1=O.